The average Bonchev–Trinajstić information content (AvgIpc) is 3.31. The molecule has 0 saturated heterocycles. The standard InChI is InChI=1S/C37H62N2O6/c1-15-37(16-2,18-17-19-44-32(40)23(5)6)34(42)39-30-28(27(22(3)4)31(38-30)43-14)33(41)45-29-25(35(8,9)10)20-24(7)21-26(29)36(11,12)13/h22,24-26,29,38H,5,15-21H2,1-4,6-14H3,(H,39,42). The van der Waals surface area contributed by atoms with Gasteiger partial charge in [0.05, 0.1) is 13.7 Å². The summed E-state index contributed by atoms with van der Waals surface area (Å²) < 4.78 is 17.6. The lowest BCUT2D eigenvalue weighted by atomic mass is 9.59. The second-order valence-corrected chi connectivity index (χ2v) is 15.8. The summed E-state index contributed by atoms with van der Waals surface area (Å²) in [7, 11) is 1.56. The van der Waals surface area contributed by atoms with E-state index in [2.05, 4.69) is 65.3 Å². The van der Waals surface area contributed by atoms with Gasteiger partial charge in [-0.05, 0) is 68.1 Å². The van der Waals surface area contributed by atoms with Gasteiger partial charge in [0.1, 0.15) is 17.5 Å². The highest BCUT2D eigenvalue weighted by Crippen LogP contribution is 2.50. The van der Waals surface area contributed by atoms with Crippen LogP contribution in [0.25, 0.3) is 0 Å². The fourth-order valence-electron chi connectivity index (χ4n) is 7.04. The summed E-state index contributed by atoms with van der Waals surface area (Å²) >= 11 is 0. The highest BCUT2D eigenvalue weighted by atomic mass is 16.5. The number of ether oxygens (including phenoxy) is 3. The fourth-order valence-corrected chi connectivity index (χ4v) is 7.04. The molecule has 0 aliphatic heterocycles. The number of carbonyl (C=O) groups is 3. The normalized spacial score (nSPS) is 20.9. The Morgan fingerprint density at radius 2 is 1.53 bits per heavy atom. The summed E-state index contributed by atoms with van der Waals surface area (Å²) in [5.41, 5.74) is 0.518. The first-order valence-electron chi connectivity index (χ1n) is 16.9. The van der Waals surface area contributed by atoms with E-state index >= 15 is 0 Å². The van der Waals surface area contributed by atoms with Gasteiger partial charge in [0.15, 0.2) is 5.88 Å². The summed E-state index contributed by atoms with van der Waals surface area (Å²) in [6, 6.07) is 0. The van der Waals surface area contributed by atoms with E-state index in [4.69, 9.17) is 14.2 Å². The predicted molar refractivity (Wildman–Crippen MR) is 182 cm³/mol. The largest absolute Gasteiger partial charge is 0.482 e. The summed E-state index contributed by atoms with van der Waals surface area (Å²) in [5.74, 6) is 0.491. The van der Waals surface area contributed by atoms with E-state index in [0.717, 1.165) is 12.8 Å². The Morgan fingerprint density at radius 1 is 1.00 bits per heavy atom. The average molecular weight is 631 g/mol. The second-order valence-electron chi connectivity index (χ2n) is 15.8. The van der Waals surface area contributed by atoms with Gasteiger partial charge in [-0.3, -0.25) is 4.79 Å². The molecule has 1 aromatic rings. The van der Waals surface area contributed by atoms with E-state index in [-0.39, 0.29) is 47.2 Å². The number of nitrogens with one attached hydrogen (secondary N) is 2. The smallest absolute Gasteiger partial charge is 0.342 e. The Labute approximate surface area is 272 Å². The molecule has 1 aromatic heterocycles. The molecule has 1 fully saturated rings. The molecule has 2 unspecified atom stereocenters. The van der Waals surface area contributed by atoms with Crippen LogP contribution >= 0.6 is 0 Å². The molecule has 1 heterocycles. The quantitative estimate of drug-likeness (QED) is 0.128. The van der Waals surface area contributed by atoms with Gasteiger partial charge in [-0.25, -0.2) is 9.59 Å². The first kappa shape index (κ1) is 38.4. The van der Waals surface area contributed by atoms with E-state index in [0.29, 0.717) is 60.0 Å². The van der Waals surface area contributed by atoms with Gasteiger partial charge in [0.2, 0.25) is 5.91 Å². The van der Waals surface area contributed by atoms with E-state index in [1.165, 1.54) is 0 Å². The number of esters is 2. The van der Waals surface area contributed by atoms with Crippen LogP contribution in [0.3, 0.4) is 0 Å². The minimum absolute atomic E-state index is 0.0581. The third-order valence-corrected chi connectivity index (χ3v) is 10.0. The minimum Gasteiger partial charge on any atom is -0.482 e. The van der Waals surface area contributed by atoms with Crippen LogP contribution in [-0.4, -0.2) is 42.7 Å². The Bertz CT molecular complexity index is 1170. The molecule has 256 valence electrons. The van der Waals surface area contributed by atoms with Crippen molar-refractivity contribution in [3.05, 3.63) is 23.3 Å². The number of aromatic nitrogens is 1. The molecule has 0 radical (unpaired) electrons. The molecule has 1 aliphatic rings. The van der Waals surface area contributed by atoms with Gasteiger partial charge in [-0.2, -0.15) is 0 Å². The molecule has 2 N–H and O–H groups in total. The summed E-state index contributed by atoms with van der Waals surface area (Å²) in [6.45, 7) is 29.1. The molecule has 2 atom stereocenters. The van der Waals surface area contributed by atoms with Gasteiger partial charge in [0, 0.05) is 28.4 Å². The third kappa shape index (κ3) is 9.16. The molecule has 45 heavy (non-hydrogen) atoms. The van der Waals surface area contributed by atoms with Crippen molar-refractivity contribution in [2.45, 2.75) is 134 Å². The van der Waals surface area contributed by atoms with Crippen molar-refractivity contribution in [1.82, 2.24) is 4.98 Å². The molecular weight excluding hydrogens is 568 g/mol. The first-order valence-corrected chi connectivity index (χ1v) is 16.9. The van der Waals surface area contributed by atoms with Gasteiger partial charge in [0.25, 0.3) is 0 Å². The van der Waals surface area contributed by atoms with Crippen LogP contribution in [0.4, 0.5) is 5.82 Å². The first-order chi connectivity index (χ1) is 20.7. The van der Waals surface area contributed by atoms with Gasteiger partial charge >= 0.3 is 11.9 Å². The number of methoxy groups -OCH3 is 1. The van der Waals surface area contributed by atoms with Crippen molar-refractivity contribution >= 4 is 23.7 Å². The Morgan fingerprint density at radius 3 is 1.96 bits per heavy atom. The van der Waals surface area contributed by atoms with Crippen LogP contribution in [-0.2, 0) is 19.1 Å². The molecule has 8 nitrogen and oxygen atoms in total. The molecule has 0 spiro atoms. The SMILES string of the molecule is C=C(C)C(=O)OCCCC(CC)(CC)C(=O)Nc1[nH]c(OC)c(C(C)C)c1C(=O)OC1C(C(C)(C)C)CC(C)CC1C(C)(C)C. The Kier molecular flexibility index (Phi) is 13.0. The summed E-state index contributed by atoms with van der Waals surface area (Å²) in [6.07, 6.45) is 3.91. The lowest BCUT2D eigenvalue weighted by molar-refractivity contribution is -0.139. The van der Waals surface area contributed by atoms with Crippen molar-refractivity contribution in [2.24, 2.45) is 34.0 Å². The zero-order valence-corrected chi connectivity index (χ0v) is 30.5. The number of H-pyrrole nitrogens is 1. The van der Waals surface area contributed by atoms with Crippen LogP contribution in [0.5, 0.6) is 5.88 Å². The number of amides is 1. The second kappa shape index (κ2) is 15.2. The maximum Gasteiger partial charge on any atom is 0.342 e. The molecular formula is C37H62N2O6. The van der Waals surface area contributed by atoms with E-state index in [9.17, 15) is 14.4 Å². The van der Waals surface area contributed by atoms with Gasteiger partial charge in [-0.1, -0.05) is 82.7 Å². The van der Waals surface area contributed by atoms with Gasteiger partial charge < -0.3 is 24.5 Å². The third-order valence-electron chi connectivity index (χ3n) is 10.0. The zero-order chi connectivity index (χ0) is 34.5. The van der Waals surface area contributed by atoms with Crippen molar-refractivity contribution in [3.8, 4) is 5.88 Å². The molecule has 8 heteroatoms. The number of rotatable bonds is 13. The molecule has 1 aliphatic carbocycles. The number of hydrogen-bond acceptors (Lipinski definition) is 6. The van der Waals surface area contributed by atoms with Crippen LogP contribution < -0.4 is 10.1 Å². The van der Waals surface area contributed by atoms with Crippen LogP contribution in [0.1, 0.15) is 143 Å². The maximum absolute atomic E-state index is 14.4. The topological polar surface area (TPSA) is 107 Å². The number of hydrogen-bond donors (Lipinski definition) is 2. The van der Waals surface area contributed by atoms with Crippen LogP contribution in [0, 0.1) is 34.0 Å². The monoisotopic (exact) mass is 630 g/mol. The lowest BCUT2D eigenvalue weighted by Crippen LogP contribution is -2.49. The molecule has 2 rings (SSSR count). The molecule has 0 aromatic carbocycles. The number of anilines is 1. The predicted octanol–water partition coefficient (Wildman–Crippen LogP) is 9.07. The zero-order valence-electron chi connectivity index (χ0n) is 30.5. The maximum atomic E-state index is 14.4. The lowest BCUT2D eigenvalue weighted by Gasteiger charge is -2.50. The van der Waals surface area contributed by atoms with Gasteiger partial charge in [-0.15, -0.1) is 0 Å². The number of carbonyl (C=O) groups excluding carboxylic acids is 3. The van der Waals surface area contributed by atoms with E-state index in [1.807, 2.05) is 27.7 Å². The van der Waals surface area contributed by atoms with Crippen molar-refractivity contribution in [1.29, 1.82) is 0 Å². The van der Waals surface area contributed by atoms with Crippen molar-refractivity contribution < 1.29 is 28.6 Å². The summed E-state index contributed by atoms with van der Waals surface area (Å²) in [5, 5.41) is 3.08. The van der Waals surface area contributed by atoms with E-state index < -0.39 is 17.4 Å². The molecule has 1 saturated carbocycles. The minimum atomic E-state index is -0.721. The number of aromatic amines is 1. The Hall–Kier alpha value is -2.77. The van der Waals surface area contributed by atoms with Crippen LogP contribution in [0.2, 0.25) is 0 Å². The van der Waals surface area contributed by atoms with Crippen LogP contribution in [0.15, 0.2) is 12.2 Å². The highest BCUT2D eigenvalue weighted by Gasteiger charge is 2.48. The molecule has 1 amide bonds. The fraction of sp³-hybridized carbons (Fsp3) is 0.757. The Balaban J connectivity index is 2.51. The van der Waals surface area contributed by atoms with Crippen molar-refractivity contribution in [2.75, 3.05) is 19.0 Å². The highest BCUT2D eigenvalue weighted by molar-refractivity contribution is 6.04. The molecule has 0 bridgehead atoms. The summed E-state index contributed by atoms with van der Waals surface area (Å²) in [4.78, 5) is 43.5. The van der Waals surface area contributed by atoms with Crippen molar-refractivity contribution in [3.63, 3.8) is 0 Å². The van der Waals surface area contributed by atoms with E-state index in [1.54, 1.807) is 14.0 Å².